The molecule has 3 nitrogen and oxygen atoms in total. The van der Waals surface area contributed by atoms with Crippen LogP contribution in [0.5, 0.6) is 0 Å². The zero-order valence-electron chi connectivity index (χ0n) is 10.6. The van der Waals surface area contributed by atoms with Crippen LogP contribution in [0.15, 0.2) is 30.3 Å². The number of Topliss-reactive ketones (excluding diaryl/α,β-unsaturated/α-hetero) is 1. The Kier molecular flexibility index (Phi) is 5.36. The topological polar surface area (TPSA) is 35.5 Å². The summed E-state index contributed by atoms with van der Waals surface area (Å²) < 4.78 is 11.1. The maximum Gasteiger partial charge on any atom is 0.162 e. The molecule has 1 heterocycles. The summed E-state index contributed by atoms with van der Waals surface area (Å²) in [5.41, 5.74) is 0.784. The van der Waals surface area contributed by atoms with Crippen LogP contribution in [0.2, 0.25) is 0 Å². The molecule has 0 spiro atoms. The van der Waals surface area contributed by atoms with Crippen molar-refractivity contribution in [2.45, 2.75) is 38.4 Å². The Labute approximate surface area is 108 Å². The van der Waals surface area contributed by atoms with Gasteiger partial charge < -0.3 is 9.47 Å². The van der Waals surface area contributed by atoms with Crippen LogP contribution in [-0.4, -0.2) is 25.3 Å². The molecular formula is C15H20O3. The van der Waals surface area contributed by atoms with Crippen molar-refractivity contribution in [3.05, 3.63) is 35.9 Å². The molecule has 0 aromatic heterocycles. The molecule has 98 valence electrons. The summed E-state index contributed by atoms with van der Waals surface area (Å²) in [6.45, 7) is 1.40. The summed E-state index contributed by atoms with van der Waals surface area (Å²) >= 11 is 0. The predicted octanol–water partition coefficient (Wildman–Crippen LogP) is 3.19. The molecule has 1 aliphatic rings. The first-order valence-corrected chi connectivity index (χ1v) is 6.68. The van der Waals surface area contributed by atoms with Gasteiger partial charge in [0.15, 0.2) is 12.1 Å². The summed E-state index contributed by atoms with van der Waals surface area (Å²) in [5.74, 6) is 0.184. The zero-order chi connectivity index (χ0) is 12.6. The Bertz CT molecular complexity index is 355. The first-order chi connectivity index (χ1) is 8.86. The molecular weight excluding hydrogens is 228 g/mol. The molecule has 1 fully saturated rings. The van der Waals surface area contributed by atoms with Crippen LogP contribution in [0.25, 0.3) is 0 Å². The molecule has 0 amide bonds. The van der Waals surface area contributed by atoms with Crippen molar-refractivity contribution in [3.63, 3.8) is 0 Å². The van der Waals surface area contributed by atoms with Gasteiger partial charge in [0, 0.05) is 18.6 Å². The highest BCUT2D eigenvalue weighted by atomic mass is 16.7. The van der Waals surface area contributed by atoms with E-state index in [1.165, 1.54) is 6.42 Å². The highest BCUT2D eigenvalue weighted by Crippen LogP contribution is 2.14. The minimum atomic E-state index is -0.0504. The summed E-state index contributed by atoms with van der Waals surface area (Å²) in [5, 5.41) is 0. The van der Waals surface area contributed by atoms with E-state index in [9.17, 15) is 4.79 Å². The molecule has 1 aromatic rings. The third kappa shape index (κ3) is 4.24. The van der Waals surface area contributed by atoms with Gasteiger partial charge >= 0.3 is 0 Å². The standard InChI is InChI=1S/C15H20O3/c16-14(13-7-2-1-3-8-13)9-6-12-18-15-10-4-5-11-17-15/h1-3,7-8,15H,4-6,9-12H2. The van der Waals surface area contributed by atoms with Gasteiger partial charge in [0.2, 0.25) is 0 Å². The van der Waals surface area contributed by atoms with Gasteiger partial charge in [-0.3, -0.25) is 4.79 Å². The van der Waals surface area contributed by atoms with Gasteiger partial charge in [-0.25, -0.2) is 0 Å². The quantitative estimate of drug-likeness (QED) is 0.573. The minimum absolute atomic E-state index is 0.0504. The van der Waals surface area contributed by atoms with Crippen LogP contribution in [0.3, 0.4) is 0 Å². The average molecular weight is 248 g/mol. The Morgan fingerprint density at radius 3 is 2.83 bits per heavy atom. The van der Waals surface area contributed by atoms with E-state index in [4.69, 9.17) is 9.47 Å². The van der Waals surface area contributed by atoms with Crippen molar-refractivity contribution < 1.29 is 14.3 Å². The van der Waals surface area contributed by atoms with Crippen LogP contribution in [-0.2, 0) is 9.47 Å². The van der Waals surface area contributed by atoms with Gasteiger partial charge in [0.05, 0.1) is 6.61 Å². The SMILES string of the molecule is O=C(CCCOC1CCCCO1)c1ccccc1. The number of carbonyl (C=O) groups excluding carboxylic acids is 1. The van der Waals surface area contributed by atoms with Crippen LogP contribution in [0.4, 0.5) is 0 Å². The van der Waals surface area contributed by atoms with Crippen molar-refractivity contribution in [1.82, 2.24) is 0 Å². The molecule has 18 heavy (non-hydrogen) atoms. The second-order valence-corrected chi connectivity index (χ2v) is 4.56. The van der Waals surface area contributed by atoms with Gasteiger partial charge in [-0.05, 0) is 25.7 Å². The first kappa shape index (κ1) is 13.2. The van der Waals surface area contributed by atoms with E-state index in [-0.39, 0.29) is 12.1 Å². The van der Waals surface area contributed by atoms with E-state index in [2.05, 4.69) is 0 Å². The van der Waals surface area contributed by atoms with Crippen molar-refractivity contribution in [3.8, 4) is 0 Å². The smallest absolute Gasteiger partial charge is 0.162 e. The van der Waals surface area contributed by atoms with Crippen molar-refractivity contribution in [2.75, 3.05) is 13.2 Å². The molecule has 0 N–H and O–H groups in total. The second kappa shape index (κ2) is 7.29. The highest BCUT2D eigenvalue weighted by molar-refractivity contribution is 5.95. The van der Waals surface area contributed by atoms with Gasteiger partial charge in [-0.1, -0.05) is 30.3 Å². The lowest BCUT2D eigenvalue weighted by atomic mass is 10.1. The fraction of sp³-hybridized carbons (Fsp3) is 0.533. The lowest BCUT2D eigenvalue weighted by Gasteiger charge is -2.22. The van der Waals surface area contributed by atoms with E-state index in [1.807, 2.05) is 30.3 Å². The molecule has 1 aliphatic heterocycles. The van der Waals surface area contributed by atoms with Gasteiger partial charge in [0.25, 0.3) is 0 Å². The highest BCUT2D eigenvalue weighted by Gasteiger charge is 2.13. The molecule has 1 atom stereocenters. The fourth-order valence-corrected chi connectivity index (χ4v) is 2.06. The van der Waals surface area contributed by atoms with E-state index < -0.39 is 0 Å². The second-order valence-electron chi connectivity index (χ2n) is 4.56. The third-order valence-electron chi connectivity index (χ3n) is 3.09. The Hall–Kier alpha value is -1.19. The van der Waals surface area contributed by atoms with Crippen LogP contribution >= 0.6 is 0 Å². The third-order valence-corrected chi connectivity index (χ3v) is 3.09. The molecule has 1 aromatic carbocycles. The summed E-state index contributed by atoms with van der Waals surface area (Å²) in [4.78, 5) is 11.8. The maximum absolute atomic E-state index is 11.8. The number of hydrogen-bond acceptors (Lipinski definition) is 3. The number of hydrogen-bond donors (Lipinski definition) is 0. The number of ketones is 1. The normalized spacial score (nSPS) is 19.7. The monoisotopic (exact) mass is 248 g/mol. The zero-order valence-corrected chi connectivity index (χ0v) is 10.6. The average Bonchev–Trinajstić information content (AvgIpc) is 2.45. The molecule has 0 saturated carbocycles. The lowest BCUT2D eigenvalue weighted by Crippen LogP contribution is -2.22. The number of rotatable bonds is 6. The number of carbonyl (C=O) groups is 1. The van der Waals surface area contributed by atoms with E-state index in [1.54, 1.807) is 0 Å². The molecule has 1 unspecified atom stereocenters. The minimum Gasteiger partial charge on any atom is -0.353 e. The Morgan fingerprint density at radius 1 is 1.28 bits per heavy atom. The van der Waals surface area contributed by atoms with Gasteiger partial charge in [-0.2, -0.15) is 0 Å². The van der Waals surface area contributed by atoms with Gasteiger partial charge in [0.1, 0.15) is 0 Å². The van der Waals surface area contributed by atoms with Crippen LogP contribution in [0.1, 0.15) is 42.5 Å². The van der Waals surface area contributed by atoms with E-state index in [0.717, 1.165) is 31.4 Å². The molecule has 0 radical (unpaired) electrons. The molecule has 3 heteroatoms. The maximum atomic E-state index is 11.8. The lowest BCUT2D eigenvalue weighted by molar-refractivity contribution is -0.162. The van der Waals surface area contributed by atoms with Crippen molar-refractivity contribution >= 4 is 5.78 Å². The summed E-state index contributed by atoms with van der Waals surface area (Å²) in [6, 6.07) is 9.40. The number of benzene rings is 1. The van der Waals surface area contributed by atoms with E-state index >= 15 is 0 Å². The Balaban J connectivity index is 1.62. The fourth-order valence-electron chi connectivity index (χ4n) is 2.06. The number of ether oxygens (including phenoxy) is 2. The first-order valence-electron chi connectivity index (χ1n) is 6.68. The van der Waals surface area contributed by atoms with Crippen molar-refractivity contribution in [1.29, 1.82) is 0 Å². The van der Waals surface area contributed by atoms with Gasteiger partial charge in [-0.15, -0.1) is 0 Å². The Morgan fingerprint density at radius 2 is 2.11 bits per heavy atom. The molecule has 0 aliphatic carbocycles. The molecule has 2 rings (SSSR count). The molecule has 1 saturated heterocycles. The van der Waals surface area contributed by atoms with Crippen LogP contribution < -0.4 is 0 Å². The van der Waals surface area contributed by atoms with Crippen LogP contribution in [0, 0.1) is 0 Å². The van der Waals surface area contributed by atoms with E-state index in [0.29, 0.717) is 13.0 Å². The van der Waals surface area contributed by atoms with Crippen molar-refractivity contribution in [2.24, 2.45) is 0 Å². The molecule has 0 bridgehead atoms. The predicted molar refractivity (Wildman–Crippen MR) is 69.5 cm³/mol. The summed E-state index contributed by atoms with van der Waals surface area (Å²) in [7, 11) is 0. The summed E-state index contributed by atoms with van der Waals surface area (Å²) in [6.07, 6.45) is 4.53. The largest absolute Gasteiger partial charge is 0.353 e.